The van der Waals surface area contributed by atoms with E-state index >= 15 is 0 Å². The number of hydrogen-bond acceptors (Lipinski definition) is 3. The summed E-state index contributed by atoms with van der Waals surface area (Å²) in [6, 6.07) is 1.77. The maximum Gasteiger partial charge on any atom is 0.1000 e. The molecule has 0 saturated carbocycles. The highest BCUT2D eigenvalue weighted by molar-refractivity contribution is 5.02. The van der Waals surface area contributed by atoms with Gasteiger partial charge >= 0.3 is 0 Å². The second-order valence-corrected chi connectivity index (χ2v) is 2.62. The lowest BCUT2D eigenvalue weighted by atomic mass is 10.2. The highest BCUT2D eigenvalue weighted by Gasteiger charge is 2.08. The van der Waals surface area contributed by atoms with Crippen molar-refractivity contribution in [3.8, 4) is 0 Å². The predicted octanol–water partition coefficient (Wildman–Crippen LogP) is 0.319. The van der Waals surface area contributed by atoms with E-state index in [1.54, 1.807) is 10.7 Å². The summed E-state index contributed by atoms with van der Waals surface area (Å²) in [6.07, 6.45) is 1.53. The Morgan fingerprint density at radius 3 is 2.92 bits per heavy atom. The molecule has 1 aromatic rings. The quantitative estimate of drug-likeness (QED) is 0.684. The van der Waals surface area contributed by atoms with E-state index in [4.69, 9.17) is 5.11 Å². The van der Waals surface area contributed by atoms with Crippen molar-refractivity contribution in [3.63, 3.8) is 0 Å². The van der Waals surface area contributed by atoms with Gasteiger partial charge < -0.3 is 10.2 Å². The van der Waals surface area contributed by atoms with Crippen LogP contribution < -0.4 is 0 Å². The van der Waals surface area contributed by atoms with Crippen LogP contribution in [0.1, 0.15) is 25.1 Å². The molecule has 0 saturated heterocycles. The Labute approximate surface area is 71.5 Å². The molecule has 4 heteroatoms. The Balaban J connectivity index is 2.61. The molecule has 1 aromatic heterocycles. The Kier molecular flexibility index (Phi) is 3.25. The number of aromatic nitrogens is 2. The van der Waals surface area contributed by atoms with Gasteiger partial charge in [0.2, 0.25) is 0 Å². The molecule has 0 amide bonds. The third kappa shape index (κ3) is 2.06. The molecule has 0 bridgehead atoms. The van der Waals surface area contributed by atoms with Crippen LogP contribution in [0.5, 0.6) is 0 Å². The second kappa shape index (κ2) is 4.23. The predicted molar refractivity (Wildman–Crippen MR) is 44.6 cm³/mol. The van der Waals surface area contributed by atoms with Crippen LogP contribution in [0.3, 0.4) is 0 Å². The minimum Gasteiger partial charge on any atom is -0.396 e. The molecule has 0 aromatic carbocycles. The summed E-state index contributed by atoms with van der Waals surface area (Å²) in [5, 5.41) is 22.1. The van der Waals surface area contributed by atoms with Crippen molar-refractivity contribution in [2.45, 2.75) is 26.0 Å². The summed E-state index contributed by atoms with van der Waals surface area (Å²) >= 11 is 0. The molecule has 0 spiro atoms. The smallest absolute Gasteiger partial charge is 0.1000 e. The molecule has 0 radical (unpaired) electrons. The van der Waals surface area contributed by atoms with Crippen LogP contribution in [0, 0.1) is 0 Å². The molecule has 0 aliphatic rings. The number of aliphatic hydroxyl groups is 2. The molecule has 1 heterocycles. The molecule has 0 aliphatic carbocycles. The van der Waals surface area contributed by atoms with Crippen molar-refractivity contribution < 1.29 is 10.2 Å². The van der Waals surface area contributed by atoms with Gasteiger partial charge in [-0.3, -0.25) is 4.68 Å². The fourth-order valence-electron chi connectivity index (χ4n) is 1.00. The summed E-state index contributed by atoms with van der Waals surface area (Å²) in [5.41, 5.74) is 0.630. The van der Waals surface area contributed by atoms with Gasteiger partial charge in [0.1, 0.15) is 0 Å². The molecule has 12 heavy (non-hydrogen) atoms. The van der Waals surface area contributed by atoms with Gasteiger partial charge in [-0.1, -0.05) is 0 Å². The molecule has 0 fully saturated rings. The highest BCUT2D eigenvalue weighted by Crippen LogP contribution is 2.12. The lowest BCUT2D eigenvalue weighted by Gasteiger charge is -2.03. The Morgan fingerprint density at radius 2 is 2.42 bits per heavy atom. The summed E-state index contributed by atoms with van der Waals surface area (Å²) in [6.45, 7) is 2.77. The van der Waals surface area contributed by atoms with Crippen molar-refractivity contribution in [1.29, 1.82) is 0 Å². The fraction of sp³-hybridized carbons (Fsp3) is 0.625. The molecule has 1 unspecified atom stereocenters. The van der Waals surface area contributed by atoms with Crippen molar-refractivity contribution in [3.05, 3.63) is 18.0 Å². The van der Waals surface area contributed by atoms with E-state index in [-0.39, 0.29) is 6.61 Å². The van der Waals surface area contributed by atoms with Crippen LogP contribution in [0.4, 0.5) is 0 Å². The number of nitrogens with zero attached hydrogens (tertiary/aromatic N) is 2. The highest BCUT2D eigenvalue weighted by atomic mass is 16.3. The summed E-state index contributed by atoms with van der Waals surface area (Å²) in [4.78, 5) is 0. The van der Waals surface area contributed by atoms with Crippen molar-refractivity contribution in [2.24, 2.45) is 0 Å². The first-order valence-corrected chi connectivity index (χ1v) is 4.10. The minimum atomic E-state index is -0.636. The van der Waals surface area contributed by atoms with E-state index in [0.717, 1.165) is 6.54 Å². The SMILES string of the molecule is CCn1ccc(C(O)CCO)n1. The van der Waals surface area contributed by atoms with Gasteiger partial charge in [0, 0.05) is 25.8 Å². The Hall–Kier alpha value is -0.870. The Bertz CT molecular complexity index is 235. The first-order valence-electron chi connectivity index (χ1n) is 4.10. The van der Waals surface area contributed by atoms with Crippen molar-refractivity contribution in [2.75, 3.05) is 6.61 Å². The third-order valence-corrected chi connectivity index (χ3v) is 1.73. The fourth-order valence-corrected chi connectivity index (χ4v) is 1.00. The zero-order valence-corrected chi connectivity index (χ0v) is 7.14. The van der Waals surface area contributed by atoms with Crippen molar-refractivity contribution >= 4 is 0 Å². The van der Waals surface area contributed by atoms with Crippen LogP contribution >= 0.6 is 0 Å². The average Bonchev–Trinajstić information content (AvgIpc) is 2.52. The summed E-state index contributed by atoms with van der Waals surface area (Å²) in [5.74, 6) is 0. The third-order valence-electron chi connectivity index (χ3n) is 1.73. The summed E-state index contributed by atoms with van der Waals surface area (Å²) < 4.78 is 1.75. The Morgan fingerprint density at radius 1 is 1.67 bits per heavy atom. The second-order valence-electron chi connectivity index (χ2n) is 2.62. The van der Waals surface area contributed by atoms with Crippen molar-refractivity contribution in [1.82, 2.24) is 9.78 Å². The first-order chi connectivity index (χ1) is 5.77. The van der Waals surface area contributed by atoms with Crippen LogP contribution in [-0.4, -0.2) is 26.6 Å². The van der Waals surface area contributed by atoms with Gasteiger partial charge in [-0.15, -0.1) is 0 Å². The number of aliphatic hydroxyl groups excluding tert-OH is 2. The van der Waals surface area contributed by atoms with Gasteiger partial charge in [-0.25, -0.2) is 0 Å². The van der Waals surface area contributed by atoms with Gasteiger partial charge in [-0.2, -0.15) is 5.10 Å². The van der Waals surface area contributed by atoms with Crippen LogP contribution in [0.15, 0.2) is 12.3 Å². The van der Waals surface area contributed by atoms with Crippen LogP contribution in [-0.2, 0) is 6.54 Å². The van der Waals surface area contributed by atoms with Gasteiger partial charge in [0.25, 0.3) is 0 Å². The summed E-state index contributed by atoms with van der Waals surface area (Å²) in [7, 11) is 0. The number of rotatable bonds is 4. The molecule has 2 N–H and O–H groups in total. The van der Waals surface area contributed by atoms with E-state index < -0.39 is 6.10 Å². The topological polar surface area (TPSA) is 58.3 Å². The van der Waals surface area contributed by atoms with Crippen LogP contribution in [0.25, 0.3) is 0 Å². The maximum absolute atomic E-state index is 9.39. The normalized spacial score (nSPS) is 13.2. The average molecular weight is 170 g/mol. The molecule has 0 aliphatic heterocycles. The zero-order valence-electron chi connectivity index (χ0n) is 7.14. The van der Waals surface area contributed by atoms with E-state index in [1.807, 2.05) is 13.1 Å². The first kappa shape index (κ1) is 9.22. The number of aryl methyl sites for hydroxylation is 1. The molecule has 1 atom stereocenters. The molecular formula is C8H14N2O2. The largest absolute Gasteiger partial charge is 0.396 e. The molecule has 1 rings (SSSR count). The van der Waals surface area contributed by atoms with Gasteiger partial charge in [0.05, 0.1) is 11.8 Å². The monoisotopic (exact) mass is 170 g/mol. The maximum atomic E-state index is 9.39. The molecule has 68 valence electrons. The molecular weight excluding hydrogens is 156 g/mol. The lowest BCUT2D eigenvalue weighted by Crippen LogP contribution is -2.03. The van der Waals surface area contributed by atoms with E-state index in [9.17, 15) is 5.11 Å². The zero-order chi connectivity index (χ0) is 8.97. The minimum absolute atomic E-state index is 0.0137. The van der Waals surface area contributed by atoms with E-state index in [2.05, 4.69) is 5.10 Å². The number of hydrogen-bond donors (Lipinski definition) is 2. The van der Waals surface area contributed by atoms with Crippen LogP contribution in [0.2, 0.25) is 0 Å². The molecule has 4 nitrogen and oxygen atoms in total. The van der Waals surface area contributed by atoms with E-state index in [1.165, 1.54) is 0 Å². The lowest BCUT2D eigenvalue weighted by molar-refractivity contribution is 0.130. The standard InChI is InChI=1S/C8H14N2O2/c1-2-10-5-3-7(9-10)8(12)4-6-11/h3,5,8,11-12H,2,4,6H2,1H3. The van der Waals surface area contributed by atoms with Gasteiger partial charge in [0.15, 0.2) is 0 Å². The van der Waals surface area contributed by atoms with E-state index in [0.29, 0.717) is 12.1 Å². The van der Waals surface area contributed by atoms with Gasteiger partial charge in [-0.05, 0) is 13.0 Å².